The minimum Gasteiger partial charge on any atom is -0.481 e. The lowest BCUT2D eigenvalue weighted by atomic mass is 9.95. The van der Waals surface area contributed by atoms with E-state index >= 15 is 0 Å². The van der Waals surface area contributed by atoms with Gasteiger partial charge in [-0.2, -0.15) is 0 Å². The van der Waals surface area contributed by atoms with Gasteiger partial charge in [0, 0.05) is 30.0 Å². The summed E-state index contributed by atoms with van der Waals surface area (Å²) in [5.41, 5.74) is 1.94. The van der Waals surface area contributed by atoms with Crippen LogP contribution in [0.1, 0.15) is 23.3 Å². The second kappa shape index (κ2) is 7.71. The van der Waals surface area contributed by atoms with E-state index in [1.165, 1.54) is 10.4 Å². The van der Waals surface area contributed by atoms with E-state index in [0.717, 1.165) is 42.0 Å². The van der Waals surface area contributed by atoms with E-state index in [2.05, 4.69) is 39.0 Å². The first-order valence-corrected chi connectivity index (χ1v) is 10.1. The number of aromatic nitrogens is 3. The molecule has 0 spiro atoms. The largest absolute Gasteiger partial charge is 0.481 e. The van der Waals surface area contributed by atoms with Crippen LogP contribution in [-0.2, 0) is 4.79 Å². The van der Waals surface area contributed by atoms with Gasteiger partial charge in [-0.15, -0.1) is 11.3 Å². The van der Waals surface area contributed by atoms with E-state index in [1.807, 2.05) is 0 Å². The van der Waals surface area contributed by atoms with Gasteiger partial charge in [0.05, 0.1) is 24.4 Å². The van der Waals surface area contributed by atoms with Crippen LogP contribution >= 0.6 is 11.3 Å². The Balaban J connectivity index is 1.42. The maximum Gasteiger partial charge on any atom is 0.227 e. The van der Waals surface area contributed by atoms with Gasteiger partial charge in [0.2, 0.25) is 11.8 Å². The van der Waals surface area contributed by atoms with Crippen molar-refractivity contribution in [1.29, 1.82) is 0 Å². The molecule has 146 valence electrons. The summed E-state index contributed by atoms with van der Waals surface area (Å²) in [5.74, 6) is 1.55. The molecule has 1 N–H and O–H groups in total. The Bertz CT molecular complexity index is 994. The van der Waals surface area contributed by atoms with Crippen LogP contribution in [0, 0.1) is 19.8 Å². The summed E-state index contributed by atoms with van der Waals surface area (Å²) < 4.78 is 5.05. The molecule has 0 radical (unpaired) electrons. The summed E-state index contributed by atoms with van der Waals surface area (Å²) in [6, 6.07) is 3.54. The molecule has 1 saturated heterocycles. The van der Waals surface area contributed by atoms with Gasteiger partial charge in [-0.25, -0.2) is 15.0 Å². The number of nitrogens with one attached hydrogen (secondary N) is 1. The molecule has 4 heterocycles. The van der Waals surface area contributed by atoms with E-state index in [1.54, 1.807) is 43.1 Å². The van der Waals surface area contributed by atoms with Crippen LogP contribution < -0.4 is 15.0 Å². The number of nitrogens with zero attached hydrogens (tertiary/aromatic N) is 4. The third-order valence-electron chi connectivity index (χ3n) is 5.32. The minimum atomic E-state index is -0.0130. The Morgan fingerprint density at radius 1 is 1.21 bits per heavy atom. The lowest BCUT2D eigenvalue weighted by Gasteiger charge is -2.32. The highest BCUT2D eigenvalue weighted by atomic mass is 32.1. The van der Waals surface area contributed by atoms with Crippen molar-refractivity contribution in [3.05, 3.63) is 35.1 Å². The van der Waals surface area contributed by atoms with Gasteiger partial charge in [0.15, 0.2) is 0 Å². The van der Waals surface area contributed by atoms with Crippen molar-refractivity contribution in [3.63, 3.8) is 0 Å². The van der Waals surface area contributed by atoms with Gasteiger partial charge in [-0.3, -0.25) is 4.79 Å². The van der Waals surface area contributed by atoms with Gasteiger partial charge in [-0.05, 0) is 38.3 Å². The molecular formula is C20H23N5O2S. The number of hydrogen-bond acceptors (Lipinski definition) is 7. The van der Waals surface area contributed by atoms with Crippen molar-refractivity contribution < 1.29 is 9.53 Å². The van der Waals surface area contributed by atoms with Crippen LogP contribution in [0.5, 0.6) is 5.88 Å². The van der Waals surface area contributed by atoms with Gasteiger partial charge in [0.1, 0.15) is 17.0 Å². The number of anilines is 2. The molecule has 3 aromatic heterocycles. The van der Waals surface area contributed by atoms with E-state index in [0.29, 0.717) is 11.6 Å². The fourth-order valence-corrected chi connectivity index (χ4v) is 4.57. The maximum absolute atomic E-state index is 12.6. The van der Waals surface area contributed by atoms with E-state index < -0.39 is 0 Å². The first-order chi connectivity index (χ1) is 13.6. The normalized spacial score (nSPS) is 15.0. The van der Waals surface area contributed by atoms with Crippen LogP contribution in [0.3, 0.4) is 0 Å². The lowest BCUT2D eigenvalue weighted by molar-refractivity contribution is -0.120. The smallest absolute Gasteiger partial charge is 0.227 e. The SMILES string of the molecule is COc1ccc(NC(=O)C2CCN(c3ncnc4sc(C)c(C)c34)CC2)cn1. The quantitative estimate of drug-likeness (QED) is 0.725. The lowest BCUT2D eigenvalue weighted by Crippen LogP contribution is -2.38. The van der Waals surface area contributed by atoms with Crippen LogP contribution in [0.15, 0.2) is 24.7 Å². The van der Waals surface area contributed by atoms with Crippen molar-refractivity contribution >= 4 is 39.0 Å². The predicted octanol–water partition coefficient (Wildman–Crippen LogP) is 3.57. The highest BCUT2D eigenvalue weighted by Crippen LogP contribution is 2.35. The first kappa shape index (κ1) is 18.6. The molecule has 1 amide bonds. The average molecular weight is 398 g/mol. The maximum atomic E-state index is 12.6. The first-order valence-electron chi connectivity index (χ1n) is 9.33. The zero-order valence-corrected chi connectivity index (χ0v) is 17.0. The predicted molar refractivity (Wildman–Crippen MR) is 111 cm³/mol. The number of thiophene rings is 1. The highest BCUT2D eigenvalue weighted by molar-refractivity contribution is 7.18. The molecule has 0 aliphatic carbocycles. The Labute approximate surface area is 167 Å². The third-order valence-corrected chi connectivity index (χ3v) is 6.44. The number of aryl methyl sites for hydroxylation is 2. The highest BCUT2D eigenvalue weighted by Gasteiger charge is 2.27. The number of carbonyl (C=O) groups excluding carboxylic acids is 1. The van der Waals surface area contributed by atoms with E-state index in [4.69, 9.17) is 4.74 Å². The van der Waals surface area contributed by atoms with Crippen LogP contribution in [-0.4, -0.2) is 41.1 Å². The molecule has 0 atom stereocenters. The van der Waals surface area contributed by atoms with Crippen LogP contribution in [0.4, 0.5) is 11.5 Å². The van der Waals surface area contributed by atoms with Crippen molar-refractivity contribution in [2.45, 2.75) is 26.7 Å². The van der Waals surface area contributed by atoms with Crippen molar-refractivity contribution in [2.24, 2.45) is 5.92 Å². The summed E-state index contributed by atoms with van der Waals surface area (Å²) in [6.45, 7) is 5.86. The molecule has 1 aliphatic rings. The molecule has 28 heavy (non-hydrogen) atoms. The molecule has 4 rings (SSSR count). The number of rotatable bonds is 4. The Morgan fingerprint density at radius 3 is 2.68 bits per heavy atom. The molecule has 0 bridgehead atoms. The topological polar surface area (TPSA) is 80.2 Å². The van der Waals surface area contributed by atoms with Gasteiger partial charge < -0.3 is 15.0 Å². The van der Waals surface area contributed by atoms with Crippen LogP contribution in [0.2, 0.25) is 0 Å². The molecule has 7 nitrogen and oxygen atoms in total. The average Bonchev–Trinajstić information content (AvgIpc) is 3.02. The van der Waals surface area contributed by atoms with E-state index in [-0.39, 0.29) is 11.8 Å². The van der Waals surface area contributed by atoms with Crippen LogP contribution in [0.25, 0.3) is 10.2 Å². The summed E-state index contributed by atoms with van der Waals surface area (Å²) in [5, 5.41) is 4.11. The van der Waals surface area contributed by atoms with Gasteiger partial charge in [0.25, 0.3) is 0 Å². The molecular weight excluding hydrogens is 374 g/mol. The molecule has 0 aromatic carbocycles. The standard InChI is InChI=1S/C20H23N5O2S/c1-12-13(2)28-20-17(12)18(22-11-23-20)25-8-6-14(7-9-25)19(26)24-15-4-5-16(27-3)21-10-15/h4-5,10-11,14H,6-9H2,1-3H3,(H,24,26). The fraction of sp³-hybridized carbons (Fsp3) is 0.400. The van der Waals surface area contributed by atoms with Crippen molar-refractivity contribution in [1.82, 2.24) is 15.0 Å². The number of fused-ring (bicyclic) bond motifs is 1. The second-order valence-electron chi connectivity index (χ2n) is 7.00. The number of piperidine rings is 1. The summed E-state index contributed by atoms with van der Waals surface area (Å²) >= 11 is 1.71. The molecule has 0 saturated carbocycles. The van der Waals surface area contributed by atoms with Gasteiger partial charge >= 0.3 is 0 Å². The fourth-order valence-electron chi connectivity index (χ4n) is 3.58. The summed E-state index contributed by atoms with van der Waals surface area (Å²) in [7, 11) is 1.57. The zero-order valence-electron chi connectivity index (χ0n) is 16.2. The molecule has 1 aliphatic heterocycles. The number of pyridine rings is 1. The number of methoxy groups -OCH3 is 1. The number of amides is 1. The Kier molecular flexibility index (Phi) is 5.13. The summed E-state index contributed by atoms with van der Waals surface area (Å²) in [4.78, 5) is 30.3. The zero-order chi connectivity index (χ0) is 19.7. The molecule has 1 fully saturated rings. The second-order valence-corrected chi connectivity index (χ2v) is 8.20. The number of hydrogen-bond donors (Lipinski definition) is 1. The molecule has 8 heteroatoms. The minimum absolute atomic E-state index is 0.0130. The number of ether oxygens (including phenoxy) is 1. The van der Waals surface area contributed by atoms with Gasteiger partial charge in [-0.1, -0.05) is 0 Å². The Hall–Kier alpha value is -2.74. The van der Waals surface area contributed by atoms with E-state index in [9.17, 15) is 4.79 Å². The summed E-state index contributed by atoms with van der Waals surface area (Å²) in [6.07, 6.45) is 4.85. The molecule has 0 unspecified atom stereocenters. The Morgan fingerprint density at radius 2 is 2.00 bits per heavy atom. The third kappa shape index (κ3) is 3.52. The molecule has 3 aromatic rings. The van der Waals surface area contributed by atoms with Crippen molar-refractivity contribution in [2.75, 3.05) is 30.4 Å². The monoisotopic (exact) mass is 397 g/mol. The van der Waals surface area contributed by atoms with Crippen molar-refractivity contribution in [3.8, 4) is 5.88 Å². The number of carbonyl (C=O) groups is 1.